The molecule has 1 unspecified atom stereocenters. The lowest BCUT2D eigenvalue weighted by molar-refractivity contribution is 0.173. The van der Waals surface area contributed by atoms with Gasteiger partial charge in [-0.25, -0.2) is 4.98 Å². The van der Waals surface area contributed by atoms with Gasteiger partial charge in [-0.2, -0.15) is 0 Å². The van der Waals surface area contributed by atoms with Crippen molar-refractivity contribution >= 4 is 27.3 Å². The van der Waals surface area contributed by atoms with E-state index in [4.69, 9.17) is 0 Å². The molecule has 0 aromatic carbocycles. The maximum absolute atomic E-state index is 9.95. The monoisotopic (exact) mass is 298 g/mol. The minimum absolute atomic E-state index is 0.496. The molecular weight excluding hydrogens is 288 g/mol. The van der Waals surface area contributed by atoms with Crippen LogP contribution in [0.15, 0.2) is 28.2 Å². The van der Waals surface area contributed by atoms with Crippen molar-refractivity contribution in [2.75, 3.05) is 0 Å². The summed E-state index contributed by atoms with van der Waals surface area (Å²) < 4.78 is 0.940. The molecule has 0 saturated heterocycles. The van der Waals surface area contributed by atoms with Crippen LogP contribution in [-0.4, -0.2) is 15.1 Å². The normalized spacial score (nSPS) is 12.7. The van der Waals surface area contributed by atoms with Gasteiger partial charge in [0.2, 0.25) is 0 Å². The van der Waals surface area contributed by atoms with E-state index in [0.717, 1.165) is 20.9 Å². The number of nitrogens with zero attached hydrogens (tertiary/aromatic N) is 2. The zero-order chi connectivity index (χ0) is 11.5. The summed E-state index contributed by atoms with van der Waals surface area (Å²) in [6.45, 7) is 1.93. The van der Waals surface area contributed by atoms with Crippen molar-refractivity contribution in [3.8, 4) is 0 Å². The molecule has 3 nitrogen and oxygen atoms in total. The number of hydrogen-bond donors (Lipinski definition) is 1. The van der Waals surface area contributed by atoms with Crippen LogP contribution in [-0.2, 0) is 6.42 Å². The molecule has 0 saturated carbocycles. The van der Waals surface area contributed by atoms with Gasteiger partial charge in [-0.1, -0.05) is 0 Å². The van der Waals surface area contributed by atoms with E-state index in [-0.39, 0.29) is 0 Å². The summed E-state index contributed by atoms with van der Waals surface area (Å²) in [6.07, 6.45) is 1.66. The van der Waals surface area contributed by atoms with Crippen LogP contribution in [0.4, 0.5) is 0 Å². The van der Waals surface area contributed by atoms with E-state index in [1.807, 2.05) is 24.4 Å². The minimum atomic E-state index is -0.571. The van der Waals surface area contributed by atoms with Gasteiger partial charge in [-0.15, -0.1) is 11.3 Å². The Hall–Kier alpha value is -0.780. The predicted octanol–water partition coefficient (Wildman–Crippen LogP) is 2.89. The van der Waals surface area contributed by atoms with Crippen molar-refractivity contribution in [1.29, 1.82) is 0 Å². The topological polar surface area (TPSA) is 46.0 Å². The molecule has 2 rings (SSSR count). The van der Waals surface area contributed by atoms with Crippen LogP contribution in [0.1, 0.15) is 22.5 Å². The summed E-state index contributed by atoms with van der Waals surface area (Å²) in [7, 11) is 0. The molecule has 0 fully saturated rings. The molecule has 0 amide bonds. The third kappa shape index (κ3) is 2.87. The van der Waals surface area contributed by atoms with E-state index in [2.05, 4.69) is 25.9 Å². The second-order valence-electron chi connectivity index (χ2n) is 3.48. The fourth-order valence-electron chi connectivity index (χ4n) is 1.36. The Kier molecular flexibility index (Phi) is 3.68. The van der Waals surface area contributed by atoms with Crippen molar-refractivity contribution in [3.63, 3.8) is 0 Å². The predicted molar refractivity (Wildman–Crippen MR) is 67.5 cm³/mol. The molecule has 16 heavy (non-hydrogen) atoms. The molecule has 2 aromatic rings. The first-order chi connectivity index (χ1) is 7.65. The van der Waals surface area contributed by atoms with Crippen LogP contribution in [0.3, 0.4) is 0 Å². The van der Waals surface area contributed by atoms with E-state index in [1.165, 1.54) is 0 Å². The maximum Gasteiger partial charge on any atom is 0.102 e. The highest BCUT2D eigenvalue weighted by atomic mass is 79.9. The summed E-state index contributed by atoms with van der Waals surface area (Å²) in [5.74, 6) is 0. The molecule has 0 bridgehead atoms. The zero-order valence-electron chi connectivity index (χ0n) is 8.72. The number of aliphatic hydroxyl groups is 1. The molecule has 84 valence electrons. The number of pyridine rings is 1. The van der Waals surface area contributed by atoms with Gasteiger partial charge < -0.3 is 5.11 Å². The molecular formula is C11H11BrN2OS. The average molecular weight is 299 g/mol. The molecule has 0 aliphatic heterocycles. The van der Waals surface area contributed by atoms with Gasteiger partial charge in [0.05, 0.1) is 10.7 Å². The number of aliphatic hydroxyl groups excluding tert-OH is 1. The van der Waals surface area contributed by atoms with Crippen LogP contribution in [0.5, 0.6) is 0 Å². The quantitative estimate of drug-likeness (QED) is 0.948. The number of rotatable bonds is 3. The Balaban J connectivity index is 2.07. The Morgan fingerprint density at radius 2 is 2.31 bits per heavy atom. The summed E-state index contributed by atoms with van der Waals surface area (Å²) in [6, 6.07) is 3.81. The number of aromatic nitrogens is 2. The minimum Gasteiger partial charge on any atom is -0.386 e. The van der Waals surface area contributed by atoms with Crippen LogP contribution < -0.4 is 0 Å². The molecule has 1 atom stereocenters. The first kappa shape index (κ1) is 11.7. The molecule has 0 aliphatic carbocycles. The summed E-state index contributed by atoms with van der Waals surface area (Å²) in [4.78, 5) is 8.48. The standard InChI is InChI=1S/C11H11BrN2OS/c1-7-14-10(6-16-7)11(15)4-9-3-2-8(12)5-13-9/h2-3,5-6,11,15H,4H2,1H3. The number of aryl methyl sites for hydroxylation is 1. The second kappa shape index (κ2) is 5.03. The average Bonchev–Trinajstić information content (AvgIpc) is 2.68. The molecule has 5 heteroatoms. The van der Waals surface area contributed by atoms with Crippen LogP contribution >= 0.6 is 27.3 Å². The Morgan fingerprint density at radius 3 is 2.88 bits per heavy atom. The van der Waals surface area contributed by atoms with Gasteiger partial charge in [-0.05, 0) is 35.0 Å². The largest absolute Gasteiger partial charge is 0.386 e. The SMILES string of the molecule is Cc1nc(C(O)Cc2ccc(Br)cn2)cs1. The van der Waals surface area contributed by atoms with Crippen LogP contribution in [0.2, 0.25) is 0 Å². The van der Waals surface area contributed by atoms with Gasteiger partial charge >= 0.3 is 0 Å². The highest BCUT2D eigenvalue weighted by molar-refractivity contribution is 9.10. The zero-order valence-corrected chi connectivity index (χ0v) is 11.1. The molecule has 2 heterocycles. The summed E-state index contributed by atoms with van der Waals surface area (Å²) in [5, 5.41) is 12.8. The van der Waals surface area contributed by atoms with E-state index in [1.54, 1.807) is 17.5 Å². The van der Waals surface area contributed by atoms with Gasteiger partial charge in [-0.3, -0.25) is 4.98 Å². The highest BCUT2D eigenvalue weighted by Crippen LogP contribution is 2.20. The van der Waals surface area contributed by atoms with Crippen LogP contribution in [0.25, 0.3) is 0 Å². The van der Waals surface area contributed by atoms with Gasteiger partial charge in [0.1, 0.15) is 6.10 Å². The first-order valence-corrected chi connectivity index (χ1v) is 6.53. The van der Waals surface area contributed by atoms with E-state index in [0.29, 0.717) is 6.42 Å². The Labute approximate surface area is 106 Å². The van der Waals surface area contributed by atoms with E-state index >= 15 is 0 Å². The number of halogens is 1. The molecule has 2 aromatic heterocycles. The summed E-state index contributed by atoms with van der Waals surface area (Å²) in [5.41, 5.74) is 1.59. The number of thiazole rings is 1. The van der Waals surface area contributed by atoms with E-state index < -0.39 is 6.10 Å². The molecule has 1 N–H and O–H groups in total. The Bertz CT molecular complexity index is 469. The summed E-state index contributed by atoms with van der Waals surface area (Å²) >= 11 is 4.87. The third-order valence-electron chi connectivity index (χ3n) is 2.17. The fourth-order valence-corrected chi connectivity index (χ4v) is 2.26. The Morgan fingerprint density at radius 1 is 1.50 bits per heavy atom. The lowest BCUT2D eigenvalue weighted by atomic mass is 10.1. The maximum atomic E-state index is 9.95. The van der Waals surface area contributed by atoms with Crippen LogP contribution in [0, 0.1) is 6.92 Å². The van der Waals surface area contributed by atoms with Crippen molar-refractivity contribution in [2.24, 2.45) is 0 Å². The second-order valence-corrected chi connectivity index (χ2v) is 5.46. The van der Waals surface area contributed by atoms with Gasteiger partial charge in [0.25, 0.3) is 0 Å². The number of hydrogen-bond acceptors (Lipinski definition) is 4. The van der Waals surface area contributed by atoms with Crippen molar-refractivity contribution < 1.29 is 5.11 Å². The van der Waals surface area contributed by atoms with Crippen molar-refractivity contribution in [3.05, 3.63) is 44.6 Å². The first-order valence-electron chi connectivity index (χ1n) is 4.85. The lowest BCUT2D eigenvalue weighted by Gasteiger charge is -2.06. The van der Waals surface area contributed by atoms with Crippen molar-refractivity contribution in [2.45, 2.75) is 19.4 Å². The smallest absolute Gasteiger partial charge is 0.102 e. The van der Waals surface area contributed by atoms with Crippen molar-refractivity contribution in [1.82, 2.24) is 9.97 Å². The molecule has 0 radical (unpaired) electrons. The van der Waals surface area contributed by atoms with Gasteiger partial charge in [0.15, 0.2) is 0 Å². The third-order valence-corrected chi connectivity index (χ3v) is 3.43. The van der Waals surface area contributed by atoms with Gasteiger partial charge in [0, 0.05) is 28.2 Å². The lowest BCUT2D eigenvalue weighted by Crippen LogP contribution is -2.03. The molecule has 0 spiro atoms. The fraction of sp³-hybridized carbons (Fsp3) is 0.273. The molecule has 0 aliphatic rings. The highest BCUT2D eigenvalue weighted by Gasteiger charge is 2.12. The van der Waals surface area contributed by atoms with E-state index in [9.17, 15) is 5.11 Å².